The first-order valence-corrected chi connectivity index (χ1v) is 8.83. The van der Waals surface area contributed by atoms with Crippen LogP contribution in [0.1, 0.15) is 26.5 Å². The molecule has 25 heavy (non-hydrogen) atoms. The molecular formula is C18H20FN3O2S. The van der Waals surface area contributed by atoms with Crippen LogP contribution in [-0.2, 0) is 9.59 Å². The van der Waals surface area contributed by atoms with Crippen molar-refractivity contribution in [3.05, 3.63) is 47.2 Å². The van der Waals surface area contributed by atoms with Gasteiger partial charge in [0.25, 0.3) is 0 Å². The minimum absolute atomic E-state index is 0.0999. The summed E-state index contributed by atoms with van der Waals surface area (Å²) in [5, 5.41) is 2.07. The van der Waals surface area contributed by atoms with Crippen molar-refractivity contribution in [1.82, 2.24) is 9.88 Å². The van der Waals surface area contributed by atoms with Gasteiger partial charge in [-0.05, 0) is 32.1 Å². The summed E-state index contributed by atoms with van der Waals surface area (Å²) in [7, 11) is 0. The molecule has 1 aromatic heterocycles. The van der Waals surface area contributed by atoms with Crippen molar-refractivity contribution in [2.45, 2.75) is 20.8 Å². The monoisotopic (exact) mass is 361 g/mol. The highest BCUT2D eigenvalue weighted by Crippen LogP contribution is 2.30. The van der Waals surface area contributed by atoms with Gasteiger partial charge in [-0.15, -0.1) is 11.3 Å². The average molecular weight is 361 g/mol. The fraction of sp³-hybridized carbons (Fsp3) is 0.278. The van der Waals surface area contributed by atoms with E-state index in [2.05, 4.69) is 4.98 Å². The number of aromatic nitrogens is 1. The number of halogens is 1. The van der Waals surface area contributed by atoms with Crippen LogP contribution in [-0.4, -0.2) is 34.8 Å². The number of carbonyl (C=O) groups excluding carboxylic acids is 2. The molecule has 0 radical (unpaired) electrons. The Bertz CT molecular complexity index is 784. The fourth-order valence-electron chi connectivity index (χ4n) is 2.29. The number of hydrogen-bond donors (Lipinski definition) is 0. The zero-order chi connectivity index (χ0) is 18.4. The van der Waals surface area contributed by atoms with Gasteiger partial charge in [-0.2, -0.15) is 0 Å². The molecule has 2 amide bonds. The van der Waals surface area contributed by atoms with Crippen molar-refractivity contribution in [2.24, 2.45) is 0 Å². The van der Waals surface area contributed by atoms with E-state index < -0.39 is 5.82 Å². The summed E-state index contributed by atoms with van der Waals surface area (Å²) in [5.41, 5.74) is 0.696. The van der Waals surface area contributed by atoms with E-state index in [-0.39, 0.29) is 17.5 Å². The molecule has 0 saturated heterocycles. The lowest BCUT2D eigenvalue weighted by Gasteiger charge is -2.18. The molecule has 7 heteroatoms. The summed E-state index contributed by atoms with van der Waals surface area (Å²) >= 11 is 1.21. The van der Waals surface area contributed by atoms with Gasteiger partial charge in [-0.3, -0.25) is 14.5 Å². The number of nitrogens with zero attached hydrogens (tertiary/aromatic N) is 3. The highest BCUT2D eigenvalue weighted by molar-refractivity contribution is 7.14. The Hall–Kier alpha value is -2.54. The third-order valence-electron chi connectivity index (χ3n) is 3.58. The Morgan fingerprint density at radius 1 is 1.24 bits per heavy atom. The van der Waals surface area contributed by atoms with Gasteiger partial charge < -0.3 is 4.90 Å². The van der Waals surface area contributed by atoms with Gasteiger partial charge in [0.2, 0.25) is 11.8 Å². The number of likely N-dealkylation sites (N-methyl/N-ethyl adjacent to an activating group) is 1. The lowest BCUT2D eigenvalue weighted by molar-refractivity contribution is -0.125. The standard InChI is InChI=1S/C18H20FN3O2S/c1-4-21(5-2)17(24)11-10-14-12-25-18(20-14)22(13(3)23)16-9-7-6-8-15(16)19/h6-12H,4-5H2,1-3H3/b11-10+. The van der Waals surface area contributed by atoms with Gasteiger partial charge in [0, 0.05) is 31.5 Å². The van der Waals surface area contributed by atoms with Crippen LogP contribution in [0.5, 0.6) is 0 Å². The number of thiazole rings is 1. The number of anilines is 2. The van der Waals surface area contributed by atoms with Crippen molar-refractivity contribution in [3.8, 4) is 0 Å². The molecule has 0 aliphatic rings. The van der Waals surface area contributed by atoms with E-state index in [9.17, 15) is 14.0 Å². The van der Waals surface area contributed by atoms with Crippen LogP contribution >= 0.6 is 11.3 Å². The average Bonchev–Trinajstić information content (AvgIpc) is 3.04. The minimum Gasteiger partial charge on any atom is -0.340 e. The molecule has 2 rings (SSSR count). The molecule has 0 aliphatic heterocycles. The normalized spacial score (nSPS) is 10.9. The molecule has 0 atom stereocenters. The van der Waals surface area contributed by atoms with E-state index in [1.807, 2.05) is 13.8 Å². The third kappa shape index (κ3) is 4.51. The van der Waals surface area contributed by atoms with Crippen molar-refractivity contribution in [1.29, 1.82) is 0 Å². The first kappa shape index (κ1) is 18.8. The van der Waals surface area contributed by atoms with Crippen molar-refractivity contribution >= 4 is 40.0 Å². The van der Waals surface area contributed by atoms with Crippen LogP contribution in [0.25, 0.3) is 6.08 Å². The topological polar surface area (TPSA) is 53.5 Å². The molecule has 1 aromatic carbocycles. The van der Waals surface area contributed by atoms with Gasteiger partial charge in [0.15, 0.2) is 5.13 Å². The Labute approximate surface area is 150 Å². The van der Waals surface area contributed by atoms with Gasteiger partial charge >= 0.3 is 0 Å². The number of hydrogen-bond acceptors (Lipinski definition) is 4. The van der Waals surface area contributed by atoms with Crippen LogP contribution in [0, 0.1) is 5.82 Å². The largest absolute Gasteiger partial charge is 0.340 e. The molecule has 1 heterocycles. The molecule has 132 valence electrons. The Kier molecular flexibility index (Phi) is 6.41. The van der Waals surface area contributed by atoms with E-state index in [1.165, 1.54) is 41.4 Å². The summed E-state index contributed by atoms with van der Waals surface area (Å²) in [5.74, 6) is -0.937. The number of carbonyl (C=O) groups is 2. The van der Waals surface area contributed by atoms with E-state index in [0.29, 0.717) is 23.9 Å². The summed E-state index contributed by atoms with van der Waals surface area (Å²) in [6.45, 7) is 6.44. The molecule has 0 bridgehead atoms. The Morgan fingerprint density at radius 2 is 1.92 bits per heavy atom. The van der Waals surface area contributed by atoms with Crippen LogP contribution in [0.2, 0.25) is 0 Å². The predicted octanol–water partition coefficient (Wildman–Crippen LogP) is 3.85. The molecule has 0 unspecified atom stereocenters. The number of benzene rings is 1. The van der Waals surface area contributed by atoms with E-state index in [1.54, 1.807) is 28.5 Å². The molecular weight excluding hydrogens is 341 g/mol. The van der Waals surface area contributed by atoms with Crippen LogP contribution in [0.3, 0.4) is 0 Å². The molecule has 0 saturated carbocycles. The van der Waals surface area contributed by atoms with Crippen LogP contribution in [0.15, 0.2) is 35.7 Å². The maximum Gasteiger partial charge on any atom is 0.246 e. The second-order valence-electron chi connectivity index (χ2n) is 5.20. The minimum atomic E-state index is -0.498. The van der Waals surface area contributed by atoms with E-state index in [0.717, 1.165) is 0 Å². The van der Waals surface area contributed by atoms with Crippen molar-refractivity contribution in [3.63, 3.8) is 0 Å². The van der Waals surface area contributed by atoms with Gasteiger partial charge in [-0.1, -0.05) is 12.1 Å². The summed E-state index contributed by atoms with van der Waals surface area (Å²) in [6.07, 6.45) is 3.05. The van der Waals surface area contributed by atoms with Crippen molar-refractivity contribution < 1.29 is 14.0 Å². The van der Waals surface area contributed by atoms with E-state index >= 15 is 0 Å². The highest BCUT2D eigenvalue weighted by Gasteiger charge is 2.20. The summed E-state index contributed by atoms with van der Waals surface area (Å²) < 4.78 is 14.0. The lowest BCUT2D eigenvalue weighted by atomic mass is 10.3. The molecule has 0 spiro atoms. The maximum atomic E-state index is 14.0. The molecule has 0 fully saturated rings. The second-order valence-corrected chi connectivity index (χ2v) is 6.04. The van der Waals surface area contributed by atoms with Gasteiger partial charge in [0.1, 0.15) is 5.82 Å². The maximum absolute atomic E-state index is 14.0. The SMILES string of the molecule is CCN(CC)C(=O)/C=C/c1csc(N(C(C)=O)c2ccccc2F)n1. The Morgan fingerprint density at radius 3 is 2.52 bits per heavy atom. The quantitative estimate of drug-likeness (QED) is 0.735. The van der Waals surface area contributed by atoms with Gasteiger partial charge in [0.05, 0.1) is 11.4 Å². The molecule has 0 aliphatic carbocycles. The first-order valence-electron chi connectivity index (χ1n) is 7.95. The molecule has 0 N–H and O–H groups in total. The number of rotatable bonds is 6. The van der Waals surface area contributed by atoms with Crippen LogP contribution < -0.4 is 4.90 Å². The smallest absolute Gasteiger partial charge is 0.246 e. The predicted molar refractivity (Wildman–Crippen MR) is 98.3 cm³/mol. The van der Waals surface area contributed by atoms with E-state index in [4.69, 9.17) is 0 Å². The fourth-order valence-corrected chi connectivity index (χ4v) is 3.14. The highest BCUT2D eigenvalue weighted by atomic mass is 32.1. The zero-order valence-corrected chi connectivity index (χ0v) is 15.2. The lowest BCUT2D eigenvalue weighted by Crippen LogP contribution is -2.28. The zero-order valence-electron chi connectivity index (χ0n) is 14.4. The second kappa shape index (κ2) is 8.53. The van der Waals surface area contributed by atoms with Gasteiger partial charge in [-0.25, -0.2) is 9.37 Å². The first-order chi connectivity index (χ1) is 12.0. The van der Waals surface area contributed by atoms with Crippen molar-refractivity contribution in [2.75, 3.05) is 18.0 Å². The molecule has 5 nitrogen and oxygen atoms in total. The third-order valence-corrected chi connectivity index (χ3v) is 4.43. The number of amides is 2. The molecule has 2 aromatic rings. The summed E-state index contributed by atoms with van der Waals surface area (Å²) in [6, 6.07) is 6.04. The number of para-hydroxylation sites is 1. The summed E-state index contributed by atoms with van der Waals surface area (Å²) in [4.78, 5) is 31.2. The van der Waals surface area contributed by atoms with Crippen LogP contribution in [0.4, 0.5) is 15.2 Å². The Balaban J connectivity index is 2.25.